The van der Waals surface area contributed by atoms with Crippen molar-refractivity contribution in [3.63, 3.8) is 0 Å². The molecule has 1 aromatic heterocycles. The Balaban J connectivity index is 1.66. The van der Waals surface area contributed by atoms with Crippen molar-refractivity contribution >= 4 is 22.7 Å². The summed E-state index contributed by atoms with van der Waals surface area (Å²) in [6.07, 6.45) is -1.89. The topological polar surface area (TPSA) is 140 Å². The van der Waals surface area contributed by atoms with Crippen molar-refractivity contribution in [2.24, 2.45) is 17.8 Å². The highest BCUT2D eigenvalue weighted by molar-refractivity contribution is 6.00. The summed E-state index contributed by atoms with van der Waals surface area (Å²) >= 11 is 0. The Bertz CT molecular complexity index is 1650. The lowest BCUT2D eigenvalue weighted by Crippen LogP contribution is -2.60. The van der Waals surface area contributed by atoms with Gasteiger partial charge in [-0.3, -0.25) is 19.5 Å². The fourth-order valence-corrected chi connectivity index (χ4v) is 8.99. The summed E-state index contributed by atoms with van der Waals surface area (Å²) in [5.74, 6) is -3.49. The van der Waals surface area contributed by atoms with Crippen molar-refractivity contribution in [3.05, 3.63) is 54.2 Å². The Labute approximate surface area is 327 Å². The molecule has 0 aliphatic carbocycles. The number of likely N-dealkylation sites (N-methyl/N-ethyl adjacent to an activating group) is 1. The van der Waals surface area contributed by atoms with E-state index >= 15 is 0 Å². The Hall–Kier alpha value is -2.81. The fourth-order valence-electron chi connectivity index (χ4n) is 8.99. The third-order valence-corrected chi connectivity index (χ3v) is 12.2. The smallest absolute Gasteiger partial charge is 0.316 e. The molecule has 2 N–H and O–H groups in total. The van der Waals surface area contributed by atoms with Gasteiger partial charge in [0.25, 0.3) is 0 Å². The Morgan fingerprint density at radius 1 is 1.09 bits per heavy atom. The monoisotopic (exact) mass is 767 g/mol. The molecule has 0 saturated carbocycles. The number of pyridine rings is 1. The number of ether oxygens (including phenoxy) is 5. The maximum atomic E-state index is 14.5. The molecule has 0 amide bonds. The van der Waals surface area contributed by atoms with Crippen molar-refractivity contribution in [2.45, 2.75) is 141 Å². The maximum Gasteiger partial charge on any atom is 0.316 e. The van der Waals surface area contributed by atoms with Crippen molar-refractivity contribution < 1.29 is 43.5 Å². The number of fused-ring (bicyclic) bond motifs is 16. The average molecular weight is 768 g/mol. The molecule has 13 atom stereocenters. The number of ketones is 1. The lowest BCUT2D eigenvalue weighted by Gasteiger charge is -2.48. The number of hydrogen-bond acceptors (Lipinski definition) is 12. The first-order valence-corrected chi connectivity index (χ1v) is 20.0. The number of hydrogen-bond donors (Lipinski definition) is 2. The number of Topliss-reactive ketones (excluding diaryl/α,β-unsaturated/α-hetero) is 1. The minimum Gasteiger partial charge on any atom is -0.459 e. The summed E-state index contributed by atoms with van der Waals surface area (Å²) in [6.45, 7) is 20.2. The Morgan fingerprint density at radius 3 is 2.49 bits per heavy atom. The van der Waals surface area contributed by atoms with Crippen LogP contribution in [0, 0.1) is 17.8 Å². The predicted molar refractivity (Wildman–Crippen MR) is 210 cm³/mol. The van der Waals surface area contributed by atoms with Gasteiger partial charge in [0.05, 0.1) is 42.6 Å². The first-order chi connectivity index (χ1) is 25.9. The minimum absolute atomic E-state index is 0.0782. The molecule has 1 aromatic carbocycles. The van der Waals surface area contributed by atoms with Gasteiger partial charge in [-0.1, -0.05) is 45.5 Å². The van der Waals surface area contributed by atoms with E-state index in [1.165, 1.54) is 6.92 Å². The fraction of sp³-hybridized carbons (Fsp3) is 0.698. The van der Waals surface area contributed by atoms with Crippen LogP contribution in [0.25, 0.3) is 10.9 Å². The van der Waals surface area contributed by atoms with E-state index in [1.807, 2.05) is 77.2 Å². The Kier molecular flexibility index (Phi) is 14.0. The number of nitrogens with zero attached hydrogens (tertiary/aromatic N) is 3. The standard InChI is InChI=1S/C43H65N3O9/c1-12-35-43(9,50)38-26(3)21-46(22-31-18-32-15-13-14-16-33(32)44-20-31)27(4)19-42(8,52-24-25(2)23-51-38)39(29(6)36(47)30(7)40(49)54-35)55-41-37(48)34(45(10)11)17-28(5)53-41/h13-16,18,20,26-30,34-35,37-39,41,48,50H,2,12,17,19,21-24H2,1,3-11H3/t26-,27+,28+,29-,30+,34-,35+,37+,38-,39+,41-,42+,43+/m0/s1. The number of esters is 1. The molecule has 12 heteroatoms. The van der Waals surface area contributed by atoms with Gasteiger partial charge in [-0.25, -0.2) is 0 Å². The van der Waals surface area contributed by atoms with Crippen molar-refractivity contribution in [1.29, 1.82) is 0 Å². The van der Waals surface area contributed by atoms with Gasteiger partial charge in [0.1, 0.15) is 23.7 Å². The molecule has 4 aliphatic heterocycles. The number of aliphatic hydroxyl groups is 2. The molecule has 0 spiro atoms. The summed E-state index contributed by atoms with van der Waals surface area (Å²) in [5, 5.41) is 25.0. The van der Waals surface area contributed by atoms with E-state index in [0.29, 0.717) is 37.9 Å². The second-order valence-corrected chi connectivity index (χ2v) is 17.2. The molecule has 306 valence electrons. The predicted octanol–water partition coefficient (Wildman–Crippen LogP) is 4.92. The van der Waals surface area contributed by atoms with Gasteiger partial charge in [-0.15, -0.1) is 0 Å². The summed E-state index contributed by atoms with van der Waals surface area (Å²) in [4.78, 5) is 37.4. The van der Waals surface area contributed by atoms with Crippen LogP contribution in [0.4, 0.5) is 0 Å². The minimum atomic E-state index is -1.63. The first-order valence-electron chi connectivity index (χ1n) is 20.0. The van der Waals surface area contributed by atoms with Gasteiger partial charge in [0.2, 0.25) is 0 Å². The summed E-state index contributed by atoms with van der Waals surface area (Å²) in [6, 6.07) is 9.71. The highest BCUT2D eigenvalue weighted by Gasteiger charge is 2.52. The van der Waals surface area contributed by atoms with Gasteiger partial charge >= 0.3 is 5.97 Å². The van der Waals surface area contributed by atoms with Crippen molar-refractivity contribution in [2.75, 3.05) is 33.9 Å². The quantitative estimate of drug-likeness (QED) is 0.234. The van der Waals surface area contributed by atoms with Gasteiger partial charge < -0.3 is 38.8 Å². The molecule has 55 heavy (non-hydrogen) atoms. The molecular weight excluding hydrogens is 702 g/mol. The molecule has 2 bridgehead atoms. The van der Waals surface area contributed by atoms with E-state index in [2.05, 4.69) is 24.5 Å². The van der Waals surface area contributed by atoms with Crippen LogP contribution in [-0.4, -0.2) is 131 Å². The number of carbonyl (C=O) groups excluding carboxylic acids is 2. The van der Waals surface area contributed by atoms with Crippen LogP contribution >= 0.6 is 0 Å². The van der Waals surface area contributed by atoms with Crippen molar-refractivity contribution in [3.8, 4) is 0 Å². The molecule has 12 nitrogen and oxygen atoms in total. The van der Waals surface area contributed by atoms with Gasteiger partial charge in [-0.05, 0) is 97.2 Å². The zero-order valence-electron chi connectivity index (χ0n) is 34.6. The van der Waals surface area contributed by atoms with E-state index in [4.69, 9.17) is 28.7 Å². The summed E-state index contributed by atoms with van der Waals surface area (Å²) < 4.78 is 32.6. The average Bonchev–Trinajstić information content (AvgIpc) is 3.13. The number of benzene rings is 1. The SMILES string of the molecule is C=C1CO[C@H]2[C@@H](C)CN(Cc3cnc4ccccc4c3)[C@H](C)C[C@@](C)(OC1)[C@H](O[C@@H]1O[C@H](C)C[C@H](N(C)C)[C@H]1O)[C@@H](C)C(=O)[C@@H](C)C(=O)O[C@H](CC)[C@@]2(C)O. The highest BCUT2D eigenvalue weighted by Crippen LogP contribution is 2.39. The van der Waals surface area contributed by atoms with Crippen LogP contribution in [0.3, 0.4) is 0 Å². The summed E-state index contributed by atoms with van der Waals surface area (Å²) in [5.41, 5.74) is -0.248. The second-order valence-electron chi connectivity index (χ2n) is 17.2. The largest absolute Gasteiger partial charge is 0.459 e. The molecular formula is C43H65N3O9. The number of rotatable bonds is 6. The van der Waals surface area contributed by atoms with Crippen LogP contribution < -0.4 is 0 Å². The zero-order valence-corrected chi connectivity index (χ0v) is 34.6. The molecule has 4 saturated heterocycles. The highest BCUT2D eigenvalue weighted by atomic mass is 16.7. The zero-order chi connectivity index (χ0) is 40.4. The lowest BCUT2D eigenvalue weighted by atomic mass is 9.79. The van der Waals surface area contributed by atoms with Crippen LogP contribution in [0.1, 0.15) is 80.2 Å². The van der Waals surface area contributed by atoms with Crippen LogP contribution in [0.5, 0.6) is 0 Å². The number of aliphatic hydroxyl groups excluding tert-OH is 1. The normalized spacial score (nSPS) is 39.2. The number of para-hydroxylation sites is 1. The number of aromatic nitrogens is 1. The molecule has 5 heterocycles. The molecule has 2 aromatic rings. The van der Waals surface area contributed by atoms with Gasteiger partial charge in [0.15, 0.2) is 12.1 Å². The van der Waals surface area contributed by atoms with E-state index in [9.17, 15) is 19.8 Å². The molecule has 6 rings (SSSR count). The molecule has 0 radical (unpaired) electrons. The third kappa shape index (κ3) is 9.67. The Morgan fingerprint density at radius 2 is 1.80 bits per heavy atom. The van der Waals surface area contributed by atoms with Gasteiger partial charge in [0, 0.05) is 42.7 Å². The van der Waals surface area contributed by atoms with Crippen LogP contribution in [0.15, 0.2) is 48.7 Å². The third-order valence-electron chi connectivity index (χ3n) is 12.2. The van der Waals surface area contributed by atoms with Crippen LogP contribution in [-0.2, 0) is 39.8 Å². The first kappa shape index (κ1) is 43.3. The lowest BCUT2D eigenvalue weighted by molar-refractivity contribution is -0.297. The van der Waals surface area contributed by atoms with E-state index in [-0.39, 0.29) is 37.3 Å². The summed E-state index contributed by atoms with van der Waals surface area (Å²) in [7, 11) is 3.82. The van der Waals surface area contributed by atoms with E-state index in [1.54, 1.807) is 13.8 Å². The van der Waals surface area contributed by atoms with Crippen LogP contribution in [0.2, 0.25) is 0 Å². The maximum absolute atomic E-state index is 14.5. The molecule has 4 aliphatic rings. The second kappa shape index (κ2) is 17.8. The van der Waals surface area contributed by atoms with E-state index < -0.39 is 65.5 Å². The molecule has 4 fully saturated rings. The van der Waals surface area contributed by atoms with E-state index in [0.717, 1.165) is 16.5 Å². The van der Waals surface area contributed by atoms with Crippen molar-refractivity contribution in [1.82, 2.24) is 14.8 Å². The van der Waals surface area contributed by atoms with Gasteiger partial charge in [-0.2, -0.15) is 0 Å². The number of carbonyl (C=O) groups is 2. The molecule has 0 unspecified atom stereocenters.